The molecule has 0 spiro atoms. The normalized spacial score (nSPS) is 10.4. The zero-order valence-electron chi connectivity index (χ0n) is 11.8. The second kappa shape index (κ2) is 9.47. The second-order valence-corrected chi connectivity index (χ2v) is 4.23. The number of nitrogens with one attached hydrogen (secondary N) is 1. The van der Waals surface area contributed by atoms with Crippen LogP contribution in [-0.4, -0.2) is 40.6 Å². The van der Waals surface area contributed by atoms with Gasteiger partial charge in [0.1, 0.15) is 5.75 Å². The molecule has 0 atom stereocenters. The third-order valence-corrected chi connectivity index (χ3v) is 2.64. The van der Waals surface area contributed by atoms with Gasteiger partial charge in [0.25, 0.3) is 0 Å². The van der Waals surface area contributed by atoms with Crippen molar-refractivity contribution in [3.63, 3.8) is 0 Å². The van der Waals surface area contributed by atoms with Crippen LogP contribution in [0.1, 0.15) is 12.8 Å². The van der Waals surface area contributed by atoms with Crippen molar-refractivity contribution in [2.24, 2.45) is 0 Å². The fourth-order valence-electron chi connectivity index (χ4n) is 1.65. The SMILES string of the molecule is COCCOCCCCNc1cc(N)cc(OC)c1. The Hall–Kier alpha value is -1.46. The molecule has 0 aromatic heterocycles. The summed E-state index contributed by atoms with van der Waals surface area (Å²) in [5.41, 5.74) is 7.46. The van der Waals surface area contributed by atoms with E-state index in [2.05, 4.69) is 5.32 Å². The Bertz CT molecular complexity index is 359. The molecule has 0 bridgehead atoms. The summed E-state index contributed by atoms with van der Waals surface area (Å²) in [7, 11) is 3.31. The van der Waals surface area contributed by atoms with Crippen molar-refractivity contribution >= 4 is 11.4 Å². The van der Waals surface area contributed by atoms with Gasteiger partial charge in [-0.05, 0) is 18.9 Å². The molecule has 5 nitrogen and oxygen atoms in total. The van der Waals surface area contributed by atoms with Gasteiger partial charge in [-0.2, -0.15) is 0 Å². The first-order chi connectivity index (χ1) is 9.26. The van der Waals surface area contributed by atoms with Crippen LogP contribution < -0.4 is 15.8 Å². The number of nitrogen functional groups attached to an aromatic ring is 1. The molecule has 0 saturated heterocycles. The monoisotopic (exact) mass is 268 g/mol. The van der Waals surface area contributed by atoms with Crippen molar-refractivity contribution in [3.05, 3.63) is 18.2 Å². The number of nitrogens with two attached hydrogens (primary N) is 1. The van der Waals surface area contributed by atoms with Gasteiger partial charge in [0.2, 0.25) is 0 Å². The quantitative estimate of drug-likeness (QED) is 0.502. The van der Waals surface area contributed by atoms with E-state index in [1.165, 1.54) is 0 Å². The molecular weight excluding hydrogens is 244 g/mol. The minimum Gasteiger partial charge on any atom is -0.497 e. The van der Waals surface area contributed by atoms with Crippen LogP contribution in [0.5, 0.6) is 5.75 Å². The fraction of sp³-hybridized carbons (Fsp3) is 0.571. The van der Waals surface area contributed by atoms with Crippen LogP contribution in [0.4, 0.5) is 11.4 Å². The van der Waals surface area contributed by atoms with E-state index < -0.39 is 0 Å². The van der Waals surface area contributed by atoms with E-state index >= 15 is 0 Å². The number of benzene rings is 1. The first kappa shape index (κ1) is 15.6. The molecule has 1 rings (SSSR count). The highest BCUT2D eigenvalue weighted by Gasteiger charge is 1.98. The maximum absolute atomic E-state index is 5.78. The Morgan fingerprint density at radius 1 is 1.05 bits per heavy atom. The lowest BCUT2D eigenvalue weighted by Gasteiger charge is -2.09. The molecule has 0 radical (unpaired) electrons. The van der Waals surface area contributed by atoms with Crippen LogP contribution in [-0.2, 0) is 9.47 Å². The lowest BCUT2D eigenvalue weighted by molar-refractivity contribution is 0.0691. The zero-order chi connectivity index (χ0) is 13.9. The van der Waals surface area contributed by atoms with Crippen molar-refractivity contribution in [1.82, 2.24) is 0 Å². The van der Waals surface area contributed by atoms with Crippen molar-refractivity contribution in [3.8, 4) is 5.75 Å². The van der Waals surface area contributed by atoms with E-state index in [0.717, 1.165) is 37.4 Å². The van der Waals surface area contributed by atoms with E-state index in [1.807, 2.05) is 12.1 Å². The summed E-state index contributed by atoms with van der Waals surface area (Å²) in [6.45, 7) is 2.98. The minimum atomic E-state index is 0.654. The molecule has 1 aromatic rings. The molecule has 0 unspecified atom stereocenters. The largest absolute Gasteiger partial charge is 0.497 e. The highest BCUT2D eigenvalue weighted by atomic mass is 16.5. The van der Waals surface area contributed by atoms with Gasteiger partial charge in [-0.15, -0.1) is 0 Å². The minimum absolute atomic E-state index is 0.654. The van der Waals surface area contributed by atoms with Crippen LogP contribution in [0.15, 0.2) is 18.2 Å². The number of methoxy groups -OCH3 is 2. The van der Waals surface area contributed by atoms with E-state index in [4.69, 9.17) is 19.9 Å². The molecule has 0 aliphatic rings. The zero-order valence-corrected chi connectivity index (χ0v) is 11.8. The number of unbranched alkanes of at least 4 members (excludes halogenated alkanes) is 1. The van der Waals surface area contributed by atoms with E-state index in [0.29, 0.717) is 18.9 Å². The first-order valence-electron chi connectivity index (χ1n) is 6.51. The summed E-state index contributed by atoms with van der Waals surface area (Å²) < 4.78 is 15.5. The van der Waals surface area contributed by atoms with E-state index in [-0.39, 0.29) is 0 Å². The predicted molar refractivity (Wildman–Crippen MR) is 77.8 cm³/mol. The smallest absolute Gasteiger partial charge is 0.122 e. The van der Waals surface area contributed by atoms with E-state index in [9.17, 15) is 0 Å². The lowest BCUT2D eigenvalue weighted by Crippen LogP contribution is -2.06. The molecule has 5 heteroatoms. The van der Waals surface area contributed by atoms with Crippen LogP contribution >= 0.6 is 0 Å². The Morgan fingerprint density at radius 2 is 1.89 bits per heavy atom. The maximum atomic E-state index is 5.78. The third-order valence-electron chi connectivity index (χ3n) is 2.64. The average Bonchev–Trinajstić information content (AvgIpc) is 2.41. The molecule has 0 amide bonds. The topological polar surface area (TPSA) is 65.7 Å². The van der Waals surface area contributed by atoms with Crippen molar-refractivity contribution in [2.45, 2.75) is 12.8 Å². The van der Waals surface area contributed by atoms with Gasteiger partial charge in [-0.1, -0.05) is 0 Å². The van der Waals surface area contributed by atoms with Gasteiger partial charge in [0.05, 0.1) is 20.3 Å². The predicted octanol–water partition coefficient (Wildman–Crippen LogP) is 2.13. The van der Waals surface area contributed by atoms with Crippen LogP contribution in [0.25, 0.3) is 0 Å². The van der Waals surface area contributed by atoms with Gasteiger partial charge < -0.3 is 25.3 Å². The molecule has 0 heterocycles. The number of hydrogen-bond acceptors (Lipinski definition) is 5. The third kappa shape index (κ3) is 6.88. The number of ether oxygens (including phenoxy) is 3. The Labute approximate surface area is 115 Å². The summed E-state index contributed by atoms with van der Waals surface area (Å²) in [5.74, 6) is 0.769. The summed E-state index contributed by atoms with van der Waals surface area (Å²) in [5, 5.41) is 3.32. The molecule has 0 saturated carbocycles. The maximum Gasteiger partial charge on any atom is 0.122 e. The Balaban J connectivity index is 2.13. The highest BCUT2D eigenvalue weighted by molar-refractivity contribution is 5.59. The number of rotatable bonds is 10. The first-order valence-corrected chi connectivity index (χ1v) is 6.51. The van der Waals surface area contributed by atoms with Crippen LogP contribution in [0, 0.1) is 0 Å². The average molecular weight is 268 g/mol. The fourth-order valence-corrected chi connectivity index (χ4v) is 1.65. The summed E-state index contributed by atoms with van der Waals surface area (Å²) >= 11 is 0. The molecule has 108 valence electrons. The van der Waals surface area contributed by atoms with Gasteiger partial charge >= 0.3 is 0 Å². The molecule has 0 fully saturated rings. The van der Waals surface area contributed by atoms with E-state index in [1.54, 1.807) is 20.3 Å². The van der Waals surface area contributed by atoms with Gasteiger partial charge in [-0.3, -0.25) is 0 Å². The van der Waals surface area contributed by atoms with Gasteiger partial charge in [0.15, 0.2) is 0 Å². The second-order valence-electron chi connectivity index (χ2n) is 4.23. The number of hydrogen-bond donors (Lipinski definition) is 2. The van der Waals surface area contributed by atoms with Gasteiger partial charge in [0, 0.05) is 43.8 Å². The molecule has 19 heavy (non-hydrogen) atoms. The summed E-state index contributed by atoms with van der Waals surface area (Å²) in [6.07, 6.45) is 2.07. The van der Waals surface area contributed by atoms with Crippen molar-refractivity contribution in [2.75, 3.05) is 51.6 Å². The molecule has 0 aliphatic heterocycles. The summed E-state index contributed by atoms with van der Waals surface area (Å²) in [4.78, 5) is 0. The summed E-state index contributed by atoms with van der Waals surface area (Å²) in [6, 6.07) is 5.64. The van der Waals surface area contributed by atoms with Crippen LogP contribution in [0.3, 0.4) is 0 Å². The van der Waals surface area contributed by atoms with Crippen molar-refractivity contribution < 1.29 is 14.2 Å². The number of anilines is 2. The Kier molecular flexibility index (Phi) is 7.77. The standard InChI is InChI=1S/C14H24N2O3/c1-17-7-8-19-6-4-3-5-16-13-9-12(15)10-14(11-13)18-2/h9-11,16H,3-8,15H2,1-2H3. The molecular formula is C14H24N2O3. The van der Waals surface area contributed by atoms with Gasteiger partial charge in [-0.25, -0.2) is 0 Å². The molecule has 0 aliphatic carbocycles. The van der Waals surface area contributed by atoms with Crippen molar-refractivity contribution in [1.29, 1.82) is 0 Å². The molecule has 3 N–H and O–H groups in total. The Morgan fingerprint density at radius 3 is 2.63 bits per heavy atom. The molecule has 1 aromatic carbocycles. The lowest BCUT2D eigenvalue weighted by atomic mass is 10.2. The highest BCUT2D eigenvalue weighted by Crippen LogP contribution is 2.22. The van der Waals surface area contributed by atoms with Crippen LogP contribution in [0.2, 0.25) is 0 Å².